The molecule has 9 heteroatoms. The average Bonchev–Trinajstić information content (AvgIpc) is 2.25. The molecular weight excluding hydrogens is 248 g/mol. The van der Waals surface area contributed by atoms with Gasteiger partial charge in [0.05, 0.1) is 14.2 Å². The van der Waals surface area contributed by atoms with Crippen molar-refractivity contribution in [2.24, 2.45) is 0 Å². The van der Waals surface area contributed by atoms with Gasteiger partial charge in [-0.25, -0.2) is 9.59 Å². The van der Waals surface area contributed by atoms with Gasteiger partial charge in [-0.15, -0.1) is 0 Å². The maximum absolute atomic E-state index is 11.6. The molecule has 0 unspecified atom stereocenters. The van der Waals surface area contributed by atoms with Crippen LogP contribution in [0.5, 0.6) is 0 Å². The predicted octanol–water partition coefficient (Wildman–Crippen LogP) is 0.907. The Labute approximate surface area is 104 Å². The van der Waals surface area contributed by atoms with E-state index in [1.54, 1.807) is 13.8 Å². The molecule has 0 bridgehead atoms. The molecule has 0 heterocycles. The third-order valence-electron chi connectivity index (χ3n) is 1.43. The second-order valence-corrected chi connectivity index (χ2v) is 3.81. The van der Waals surface area contributed by atoms with E-state index < -0.39 is 18.1 Å². The smallest absolute Gasteiger partial charge is 0.345 e. The van der Waals surface area contributed by atoms with Crippen LogP contribution >= 0.6 is 12.2 Å². The lowest BCUT2D eigenvalue weighted by Gasteiger charge is -2.21. The van der Waals surface area contributed by atoms with E-state index in [1.807, 2.05) is 0 Å². The van der Waals surface area contributed by atoms with Crippen molar-refractivity contribution in [2.75, 3.05) is 14.2 Å². The summed E-state index contributed by atoms with van der Waals surface area (Å²) in [7, 11) is 2.54. The molecule has 98 valence electrons. The minimum Gasteiger partial charge on any atom is -0.468 e. The number of hydrogen-bond acceptors (Lipinski definition) is 6. The van der Waals surface area contributed by atoms with Crippen LogP contribution in [-0.4, -0.2) is 43.2 Å². The molecule has 0 aromatic carbocycles. The molecule has 0 spiro atoms. The van der Waals surface area contributed by atoms with Crippen molar-refractivity contribution in [3.63, 3.8) is 0 Å². The standard InChI is InChI=1S/C8H16N4O4S/c1-5(2)10-7(13)12(6(9)15-3)8(14)11-17-16-4/h5,9H,1-4H3,(H,10,13)(H,11,14). The molecule has 0 aliphatic carbocycles. The number of hydrogen-bond donors (Lipinski definition) is 3. The molecule has 0 aromatic heterocycles. The minimum absolute atomic E-state index is 0.169. The number of nitrogens with one attached hydrogen (secondary N) is 3. The van der Waals surface area contributed by atoms with E-state index >= 15 is 0 Å². The maximum atomic E-state index is 11.6. The van der Waals surface area contributed by atoms with E-state index in [2.05, 4.69) is 19.0 Å². The Bertz CT molecular complexity index is 297. The van der Waals surface area contributed by atoms with Crippen LogP contribution in [0.15, 0.2) is 0 Å². The van der Waals surface area contributed by atoms with Gasteiger partial charge in [0.1, 0.15) is 12.2 Å². The highest BCUT2D eigenvalue weighted by molar-refractivity contribution is 7.93. The molecule has 0 saturated carbocycles. The van der Waals surface area contributed by atoms with Crippen LogP contribution in [0.1, 0.15) is 13.8 Å². The monoisotopic (exact) mass is 264 g/mol. The summed E-state index contributed by atoms with van der Waals surface area (Å²) in [6.45, 7) is 3.46. The number of carbonyl (C=O) groups excluding carboxylic acids is 2. The summed E-state index contributed by atoms with van der Waals surface area (Å²) in [5.41, 5.74) is 0. The van der Waals surface area contributed by atoms with Crippen molar-refractivity contribution in [3.8, 4) is 0 Å². The van der Waals surface area contributed by atoms with Crippen LogP contribution in [0, 0.1) is 5.41 Å². The zero-order valence-corrected chi connectivity index (χ0v) is 10.9. The molecular formula is C8H16N4O4S. The molecule has 0 atom stereocenters. The Morgan fingerprint density at radius 2 is 1.88 bits per heavy atom. The van der Waals surface area contributed by atoms with Crippen LogP contribution < -0.4 is 10.0 Å². The highest BCUT2D eigenvalue weighted by Gasteiger charge is 2.27. The van der Waals surface area contributed by atoms with Gasteiger partial charge in [0.2, 0.25) is 0 Å². The van der Waals surface area contributed by atoms with E-state index in [4.69, 9.17) is 5.41 Å². The topological polar surface area (TPSA) is 104 Å². The Morgan fingerprint density at radius 3 is 2.29 bits per heavy atom. The number of amidine groups is 1. The molecule has 0 aliphatic rings. The zero-order valence-electron chi connectivity index (χ0n) is 10.1. The van der Waals surface area contributed by atoms with Crippen molar-refractivity contribution in [2.45, 2.75) is 19.9 Å². The van der Waals surface area contributed by atoms with Crippen molar-refractivity contribution < 1.29 is 18.5 Å². The van der Waals surface area contributed by atoms with E-state index in [0.717, 1.165) is 0 Å². The summed E-state index contributed by atoms with van der Waals surface area (Å²) in [6, 6.07) is -2.34. The molecule has 0 rings (SSSR count). The summed E-state index contributed by atoms with van der Waals surface area (Å²) >= 11 is 0.635. The molecule has 0 aromatic rings. The molecule has 4 amide bonds. The SMILES string of the molecule is COSNC(=O)N(C(=N)OC)C(=O)NC(C)C. The number of methoxy groups -OCH3 is 1. The van der Waals surface area contributed by atoms with Gasteiger partial charge >= 0.3 is 18.1 Å². The number of imide groups is 1. The second kappa shape index (κ2) is 7.74. The van der Waals surface area contributed by atoms with Crippen molar-refractivity contribution in [3.05, 3.63) is 0 Å². The Morgan fingerprint density at radius 1 is 1.29 bits per heavy atom. The van der Waals surface area contributed by atoms with E-state index in [0.29, 0.717) is 17.1 Å². The summed E-state index contributed by atoms with van der Waals surface area (Å²) < 4.78 is 11.3. The number of rotatable bonds is 3. The molecule has 8 nitrogen and oxygen atoms in total. The van der Waals surface area contributed by atoms with E-state index in [-0.39, 0.29) is 6.04 Å². The molecule has 17 heavy (non-hydrogen) atoms. The van der Waals surface area contributed by atoms with Crippen LogP contribution in [0.2, 0.25) is 0 Å². The number of nitrogens with zero attached hydrogens (tertiary/aromatic N) is 1. The highest BCUT2D eigenvalue weighted by Crippen LogP contribution is 2.00. The second-order valence-electron chi connectivity index (χ2n) is 3.11. The third-order valence-corrected chi connectivity index (χ3v) is 1.85. The van der Waals surface area contributed by atoms with Gasteiger partial charge in [-0.1, -0.05) is 0 Å². The van der Waals surface area contributed by atoms with Gasteiger partial charge in [-0.05, 0) is 13.8 Å². The highest BCUT2D eigenvalue weighted by atomic mass is 32.2. The average molecular weight is 264 g/mol. The molecule has 0 radical (unpaired) electrons. The molecule has 0 fully saturated rings. The van der Waals surface area contributed by atoms with Gasteiger partial charge < -0.3 is 14.2 Å². The molecule has 0 aliphatic heterocycles. The van der Waals surface area contributed by atoms with Gasteiger partial charge in [0.15, 0.2) is 0 Å². The van der Waals surface area contributed by atoms with Crippen LogP contribution in [0.3, 0.4) is 0 Å². The lowest BCUT2D eigenvalue weighted by molar-refractivity contribution is 0.196. The number of carbonyl (C=O) groups is 2. The fourth-order valence-electron chi connectivity index (χ4n) is 0.802. The molecule has 0 saturated heterocycles. The predicted molar refractivity (Wildman–Crippen MR) is 63.4 cm³/mol. The number of urea groups is 2. The van der Waals surface area contributed by atoms with Gasteiger partial charge in [-0.3, -0.25) is 10.1 Å². The first kappa shape index (κ1) is 15.5. The molecule has 3 N–H and O–H groups in total. The van der Waals surface area contributed by atoms with Gasteiger partial charge in [0.25, 0.3) is 0 Å². The van der Waals surface area contributed by atoms with E-state index in [1.165, 1.54) is 14.2 Å². The fraction of sp³-hybridized carbons (Fsp3) is 0.625. The van der Waals surface area contributed by atoms with Crippen LogP contribution in [-0.2, 0) is 8.92 Å². The van der Waals surface area contributed by atoms with Crippen LogP contribution in [0.25, 0.3) is 0 Å². The van der Waals surface area contributed by atoms with Crippen molar-refractivity contribution in [1.82, 2.24) is 14.9 Å². The minimum atomic E-state index is -0.832. The number of ether oxygens (including phenoxy) is 1. The maximum Gasteiger partial charge on any atom is 0.345 e. The first-order valence-electron chi connectivity index (χ1n) is 4.66. The lowest BCUT2D eigenvalue weighted by Crippen LogP contribution is -2.52. The first-order chi connectivity index (χ1) is 7.93. The van der Waals surface area contributed by atoms with Gasteiger partial charge in [-0.2, -0.15) is 4.90 Å². The Hall–Kier alpha value is -1.48. The first-order valence-corrected chi connectivity index (χ1v) is 5.41. The zero-order chi connectivity index (χ0) is 13.4. The van der Waals surface area contributed by atoms with E-state index in [9.17, 15) is 9.59 Å². The van der Waals surface area contributed by atoms with Crippen LogP contribution in [0.4, 0.5) is 9.59 Å². The third kappa shape index (κ3) is 5.41. The van der Waals surface area contributed by atoms with Crippen molar-refractivity contribution >= 4 is 30.3 Å². The number of amides is 4. The fourth-order valence-corrected chi connectivity index (χ4v) is 1.05. The Kier molecular flexibility index (Phi) is 7.06. The summed E-state index contributed by atoms with van der Waals surface area (Å²) in [6.07, 6.45) is 0. The summed E-state index contributed by atoms with van der Waals surface area (Å²) in [5.74, 6) is 0. The summed E-state index contributed by atoms with van der Waals surface area (Å²) in [4.78, 5) is 23.7. The van der Waals surface area contributed by atoms with Crippen molar-refractivity contribution in [1.29, 1.82) is 5.41 Å². The van der Waals surface area contributed by atoms with Gasteiger partial charge in [0, 0.05) is 6.04 Å². The Balaban J connectivity index is 4.69. The lowest BCUT2D eigenvalue weighted by atomic mass is 10.4. The quantitative estimate of drug-likeness (QED) is 0.304. The largest absolute Gasteiger partial charge is 0.468 e. The normalized spacial score (nSPS) is 9.71. The summed E-state index contributed by atoms with van der Waals surface area (Å²) in [5, 5.41) is 9.84.